The summed E-state index contributed by atoms with van der Waals surface area (Å²) in [6.45, 7) is 8.47. The van der Waals surface area contributed by atoms with Crippen LogP contribution in [0.25, 0.3) is 0 Å². The maximum Gasteiger partial charge on any atom is 0.319 e. The molecule has 1 N–H and O–H groups in total. The Bertz CT molecular complexity index is 266. The van der Waals surface area contributed by atoms with Crippen LogP contribution in [0, 0.1) is 5.92 Å². The SMILES string of the molecule is CCCN(C(=O)N(C)CC(C)C(=O)O)C(C)C. The number of hydrogen-bond acceptors (Lipinski definition) is 2. The first-order valence-electron chi connectivity index (χ1n) is 6.05. The number of nitrogens with zero attached hydrogens (tertiary/aromatic N) is 2. The summed E-state index contributed by atoms with van der Waals surface area (Å²) in [4.78, 5) is 26.1. The number of carbonyl (C=O) groups is 2. The van der Waals surface area contributed by atoms with Crippen LogP contribution in [0.2, 0.25) is 0 Å². The lowest BCUT2D eigenvalue weighted by atomic mass is 10.2. The molecule has 0 aromatic carbocycles. The van der Waals surface area contributed by atoms with E-state index in [1.807, 2.05) is 20.8 Å². The fourth-order valence-electron chi connectivity index (χ4n) is 1.60. The average molecular weight is 244 g/mol. The van der Waals surface area contributed by atoms with Crippen molar-refractivity contribution < 1.29 is 14.7 Å². The van der Waals surface area contributed by atoms with Gasteiger partial charge in [0, 0.05) is 26.2 Å². The van der Waals surface area contributed by atoms with E-state index >= 15 is 0 Å². The molecule has 0 aliphatic rings. The molecule has 0 aromatic rings. The number of carboxylic acid groups (broad SMARTS) is 1. The van der Waals surface area contributed by atoms with E-state index in [1.54, 1.807) is 18.9 Å². The summed E-state index contributed by atoms with van der Waals surface area (Å²) in [7, 11) is 1.65. The van der Waals surface area contributed by atoms with Gasteiger partial charge in [-0.05, 0) is 20.3 Å². The predicted octanol–water partition coefficient (Wildman–Crippen LogP) is 1.88. The third-order valence-electron chi connectivity index (χ3n) is 2.63. The van der Waals surface area contributed by atoms with Gasteiger partial charge in [0.1, 0.15) is 0 Å². The first-order valence-corrected chi connectivity index (χ1v) is 6.05. The van der Waals surface area contributed by atoms with Crippen molar-refractivity contribution in [1.82, 2.24) is 9.80 Å². The van der Waals surface area contributed by atoms with Crippen molar-refractivity contribution in [2.45, 2.75) is 40.2 Å². The van der Waals surface area contributed by atoms with Gasteiger partial charge in [0.2, 0.25) is 0 Å². The van der Waals surface area contributed by atoms with Gasteiger partial charge in [0.25, 0.3) is 0 Å². The van der Waals surface area contributed by atoms with Crippen LogP contribution in [0.1, 0.15) is 34.1 Å². The van der Waals surface area contributed by atoms with Gasteiger partial charge in [0.15, 0.2) is 0 Å². The second-order valence-electron chi connectivity index (χ2n) is 4.69. The van der Waals surface area contributed by atoms with Crippen LogP contribution >= 0.6 is 0 Å². The number of amides is 2. The predicted molar refractivity (Wildman–Crippen MR) is 67.0 cm³/mol. The van der Waals surface area contributed by atoms with E-state index < -0.39 is 11.9 Å². The largest absolute Gasteiger partial charge is 0.481 e. The molecule has 2 amide bonds. The van der Waals surface area contributed by atoms with Crippen LogP contribution in [-0.4, -0.2) is 53.1 Å². The van der Waals surface area contributed by atoms with Crippen molar-refractivity contribution in [3.05, 3.63) is 0 Å². The van der Waals surface area contributed by atoms with Crippen LogP contribution in [0.4, 0.5) is 4.79 Å². The molecule has 0 bridgehead atoms. The van der Waals surface area contributed by atoms with Crippen molar-refractivity contribution in [1.29, 1.82) is 0 Å². The molecule has 0 saturated carbocycles. The smallest absolute Gasteiger partial charge is 0.319 e. The standard InChI is InChI=1S/C12H24N2O3/c1-6-7-14(9(2)3)12(17)13(5)8-10(4)11(15)16/h9-10H,6-8H2,1-5H3,(H,15,16). The summed E-state index contributed by atoms with van der Waals surface area (Å²) in [5.74, 6) is -1.42. The van der Waals surface area contributed by atoms with Crippen molar-refractivity contribution in [2.24, 2.45) is 5.92 Å². The molecule has 100 valence electrons. The molecule has 0 aliphatic carbocycles. The van der Waals surface area contributed by atoms with Crippen LogP contribution in [0.15, 0.2) is 0 Å². The summed E-state index contributed by atoms with van der Waals surface area (Å²) in [6, 6.07) is 0.0278. The fourth-order valence-corrected chi connectivity index (χ4v) is 1.60. The Morgan fingerprint density at radius 2 is 1.76 bits per heavy atom. The van der Waals surface area contributed by atoms with E-state index in [0.29, 0.717) is 6.54 Å². The number of aliphatic carboxylic acids is 1. The minimum atomic E-state index is -0.878. The normalized spacial score (nSPS) is 12.4. The Labute approximate surface area is 103 Å². The van der Waals surface area contributed by atoms with Crippen molar-refractivity contribution in [3.8, 4) is 0 Å². The number of carbonyl (C=O) groups excluding carboxylic acids is 1. The van der Waals surface area contributed by atoms with Crippen molar-refractivity contribution >= 4 is 12.0 Å². The van der Waals surface area contributed by atoms with Gasteiger partial charge in [0.05, 0.1) is 5.92 Å². The molecule has 0 fully saturated rings. The summed E-state index contributed by atoms with van der Waals surface area (Å²) < 4.78 is 0. The number of rotatable bonds is 6. The van der Waals surface area contributed by atoms with E-state index in [0.717, 1.165) is 6.42 Å². The molecule has 0 rings (SSSR count). The maximum atomic E-state index is 12.1. The minimum Gasteiger partial charge on any atom is -0.481 e. The monoisotopic (exact) mass is 244 g/mol. The Balaban J connectivity index is 4.49. The quantitative estimate of drug-likeness (QED) is 0.776. The third kappa shape index (κ3) is 5.06. The lowest BCUT2D eigenvalue weighted by molar-refractivity contribution is -0.141. The Morgan fingerprint density at radius 3 is 2.12 bits per heavy atom. The van der Waals surface area contributed by atoms with Gasteiger partial charge in [-0.2, -0.15) is 0 Å². The van der Waals surface area contributed by atoms with Gasteiger partial charge in [-0.1, -0.05) is 13.8 Å². The lowest BCUT2D eigenvalue weighted by Crippen LogP contribution is -2.46. The molecule has 17 heavy (non-hydrogen) atoms. The average Bonchev–Trinajstić information content (AvgIpc) is 2.24. The molecule has 0 saturated heterocycles. The second-order valence-corrected chi connectivity index (χ2v) is 4.69. The van der Waals surface area contributed by atoms with E-state index in [-0.39, 0.29) is 18.6 Å². The van der Waals surface area contributed by atoms with Crippen molar-refractivity contribution in [2.75, 3.05) is 20.1 Å². The zero-order chi connectivity index (χ0) is 13.6. The molecule has 0 aromatic heterocycles. The van der Waals surface area contributed by atoms with Gasteiger partial charge in [-0.3, -0.25) is 4.79 Å². The van der Waals surface area contributed by atoms with E-state index in [2.05, 4.69) is 0 Å². The molecular weight excluding hydrogens is 220 g/mol. The van der Waals surface area contributed by atoms with Crippen LogP contribution in [-0.2, 0) is 4.79 Å². The molecule has 1 atom stereocenters. The molecule has 1 unspecified atom stereocenters. The van der Waals surface area contributed by atoms with Gasteiger partial charge < -0.3 is 14.9 Å². The Morgan fingerprint density at radius 1 is 1.24 bits per heavy atom. The van der Waals surface area contributed by atoms with Crippen molar-refractivity contribution in [3.63, 3.8) is 0 Å². The van der Waals surface area contributed by atoms with Crippen LogP contribution < -0.4 is 0 Å². The number of carboxylic acids is 1. The van der Waals surface area contributed by atoms with Crippen LogP contribution in [0.3, 0.4) is 0 Å². The molecule has 0 radical (unpaired) electrons. The van der Waals surface area contributed by atoms with E-state index in [4.69, 9.17) is 5.11 Å². The Hall–Kier alpha value is -1.26. The number of urea groups is 1. The zero-order valence-corrected chi connectivity index (χ0v) is 11.4. The summed E-state index contributed by atoms with van der Waals surface area (Å²) in [5.41, 5.74) is 0. The highest BCUT2D eigenvalue weighted by Crippen LogP contribution is 2.07. The molecule has 0 heterocycles. The second kappa shape index (κ2) is 7.14. The molecule has 0 spiro atoms. The van der Waals surface area contributed by atoms with Gasteiger partial charge in [-0.25, -0.2) is 4.79 Å². The number of hydrogen-bond donors (Lipinski definition) is 1. The minimum absolute atomic E-state index is 0.102. The van der Waals surface area contributed by atoms with E-state index in [1.165, 1.54) is 4.90 Å². The highest BCUT2D eigenvalue weighted by molar-refractivity contribution is 5.76. The highest BCUT2D eigenvalue weighted by atomic mass is 16.4. The summed E-state index contributed by atoms with van der Waals surface area (Å²) in [6.07, 6.45) is 0.895. The van der Waals surface area contributed by atoms with Crippen LogP contribution in [0.5, 0.6) is 0 Å². The fraction of sp³-hybridized carbons (Fsp3) is 0.833. The maximum absolute atomic E-state index is 12.1. The Kier molecular flexibility index (Phi) is 6.61. The zero-order valence-electron chi connectivity index (χ0n) is 11.4. The topological polar surface area (TPSA) is 60.9 Å². The first-order chi connectivity index (χ1) is 7.81. The molecule has 5 heteroatoms. The molecular formula is C12H24N2O3. The summed E-state index contributed by atoms with van der Waals surface area (Å²) in [5, 5.41) is 8.81. The molecule has 0 aliphatic heterocycles. The third-order valence-corrected chi connectivity index (χ3v) is 2.63. The highest BCUT2D eigenvalue weighted by Gasteiger charge is 2.23. The molecule has 5 nitrogen and oxygen atoms in total. The first kappa shape index (κ1) is 15.7. The summed E-state index contributed by atoms with van der Waals surface area (Å²) >= 11 is 0. The van der Waals surface area contributed by atoms with Gasteiger partial charge >= 0.3 is 12.0 Å². The van der Waals surface area contributed by atoms with Gasteiger partial charge in [-0.15, -0.1) is 0 Å². The lowest BCUT2D eigenvalue weighted by Gasteiger charge is -2.31. The van der Waals surface area contributed by atoms with E-state index in [9.17, 15) is 9.59 Å².